The number of alkyl halides is 3. The van der Waals surface area contributed by atoms with Gasteiger partial charge in [0.05, 0.1) is 5.56 Å². The maximum atomic E-state index is 13.1. The third-order valence-corrected chi connectivity index (χ3v) is 3.96. The van der Waals surface area contributed by atoms with Crippen molar-refractivity contribution in [3.05, 3.63) is 34.9 Å². The van der Waals surface area contributed by atoms with E-state index in [4.69, 9.17) is 0 Å². The van der Waals surface area contributed by atoms with Crippen molar-refractivity contribution in [1.29, 1.82) is 0 Å². The van der Waals surface area contributed by atoms with Crippen LogP contribution in [0.25, 0.3) is 0 Å². The van der Waals surface area contributed by atoms with Crippen LogP contribution in [0.5, 0.6) is 0 Å². The Kier molecular flexibility index (Phi) is 4.94. The monoisotopic (exact) mass is 300 g/mol. The maximum absolute atomic E-state index is 13.1. The third-order valence-electron chi connectivity index (χ3n) is 3.96. The van der Waals surface area contributed by atoms with Crippen molar-refractivity contribution in [1.82, 2.24) is 9.80 Å². The summed E-state index contributed by atoms with van der Waals surface area (Å²) >= 11 is 0. The van der Waals surface area contributed by atoms with Crippen LogP contribution in [0.1, 0.15) is 23.1 Å². The average molecular weight is 300 g/mol. The van der Waals surface area contributed by atoms with E-state index in [1.165, 1.54) is 6.07 Å². The van der Waals surface area contributed by atoms with Crippen LogP contribution in [0.3, 0.4) is 0 Å². The van der Waals surface area contributed by atoms with Gasteiger partial charge in [-0.25, -0.2) is 0 Å². The van der Waals surface area contributed by atoms with Crippen molar-refractivity contribution < 1.29 is 13.2 Å². The van der Waals surface area contributed by atoms with Crippen LogP contribution < -0.4 is 0 Å². The molecule has 0 bridgehead atoms. The van der Waals surface area contributed by atoms with Crippen LogP contribution in [0.15, 0.2) is 18.2 Å². The molecule has 1 aliphatic rings. The quantitative estimate of drug-likeness (QED) is 0.841. The van der Waals surface area contributed by atoms with Gasteiger partial charge in [0.2, 0.25) is 0 Å². The Balaban J connectivity index is 2.07. The number of halogens is 3. The lowest BCUT2D eigenvalue weighted by Gasteiger charge is -2.21. The molecule has 2 nitrogen and oxygen atoms in total. The molecular formula is C16H23F3N2. The normalized spacial score (nSPS) is 20.4. The van der Waals surface area contributed by atoms with Gasteiger partial charge in [0.25, 0.3) is 0 Å². The molecule has 0 aromatic heterocycles. The van der Waals surface area contributed by atoms with Crippen LogP contribution in [0, 0.1) is 12.8 Å². The Labute approximate surface area is 124 Å². The first-order chi connectivity index (χ1) is 9.75. The van der Waals surface area contributed by atoms with Crippen molar-refractivity contribution in [2.75, 3.05) is 33.7 Å². The second-order valence-corrected chi connectivity index (χ2v) is 6.31. The molecule has 1 heterocycles. The fourth-order valence-corrected chi connectivity index (χ4v) is 3.05. The van der Waals surface area contributed by atoms with E-state index in [1.54, 1.807) is 19.1 Å². The molecule has 1 aromatic rings. The summed E-state index contributed by atoms with van der Waals surface area (Å²) in [6, 6.07) is 4.64. The number of likely N-dealkylation sites (tertiary alicyclic amines) is 1. The average Bonchev–Trinajstić information content (AvgIpc) is 2.76. The summed E-state index contributed by atoms with van der Waals surface area (Å²) < 4.78 is 39.4. The van der Waals surface area contributed by atoms with Gasteiger partial charge < -0.3 is 4.90 Å². The summed E-state index contributed by atoms with van der Waals surface area (Å²) in [4.78, 5) is 4.27. The first kappa shape index (κ1) is 16.3. The van der Waals surface area contributed by atoms with Gasteiger partial charge in [-0.15, -0.1) is 0 Å². The molecule has 0 N–H and O–H groups in total. The number of hydrogen-bond acceptors (Lipinski definition) is 2. The van der Waals surface area contributed by atoms with Crippen LogP contribution in [0.4, 0.5) is 13.2 Å². The molecule has 1 fully saturated rings. The van der Waals surface area contributed by atoms with E-state index < -0.39 is 11.7 Å². The number of benzene rings is 1. The third kappa shape index (κ3) is 4.45. The van der Waals surface area contributed by atoms with Crippen molar-refractivity contribution >= 4 is 0 Å². The lowest BCUT2D eigenvalue weighted by atomic mass is 10.0. The summed E-state index contributed by atoms with van der Waals surface area (Å²) in [7, 11) is 4.06. The molecular weight excluding hydrogens is 277 g/mol. The fraction of sp³-hybridized carbons (Fsp3) is 0.625. The highest BCUT2D eigenvalue weighted by Gasteiger charge is 2.34. The summed E-state index contributed by atoms with van der Waals surface area (Å²) in [6.07, 6.45) is -3.21. The summed E-state index contributed by atoms with van der Waals surface area (Å²) in [6.45, 7) is 4.84. The van der Waals surface area contributed by atoms with E-state index in [0.717, 1.165) is 26.1 Å². The zero-order valence-electron chi connectivity index (χ0n) is 12.9. The van der Waals surface area contributed by atoms with E-state index in [0.29, 0.717) is 23.6 Å². The molecule has 0 radical (unpaired) electrons. The molecule has 2 rings (SSSR count). The summed E-state index contributed by atoms with van der Waals surface area (Å²) in [5, 5.41) is 0. The zero-order chi connectivity index (χ0) is 15.6. The van der Waals surface area contributed by atoms with Gasteiger partial charge in [-0.05, 0) is 51.5 Å². The van der Waals surface area contributed by atoms with Crippen molar-refractivity contribution in [3.63, 3.8) is 0 Å². The minimum absolute atomic E-state index is 0.388. The predicted octanol–water partition coefficient (Wildman–Crippen LogP) is 3.40. The second kappa shape index (κ2) is 6.36. The molecule has 1 unspecified atom stereocenters. The largest absolute Gasteiger partial charge is 0.416 e. The molecule has 0 spiro atoms. The lowest BCUT2D eigenvalue weighted by molar-refractivity contribution is -0.138. The fourth-order valence-electron chi connectivity index (χ4n) is 3.05. The van der Waals surface area contributed by atoms with Gasteiger partial charge in [-0.1, -0.05) is 17.7 Å². The van der Waals surface area contributed by atoms with Crippen LogP contribution >= 0.6 is 0 Å². The number of nitrogens with zero attached hydrogens (tertiary/aromatic N) is 2. The molecule has 0 aliphatic carbocycles. The Morgan fingerprint density at radius 3 is 2.62 bits per heavy atom. The zero-order valence-corrected chi connectivity index (χ0v) is 12.9. The minimum atomic E-state index is -4.27. The summed E-state index contributed by atoms with van der Waals surface area (Å²) in [5.74, 6) is 0.555. The molecule has 0 saturated carbocycles. The highest BCUT2D eigenvalue weighted by atomic mass is 19.4. The molecule has 5 heteroatoms. The highest BCUT2D eigenvalue weighted by Crippen LogP contribution is 2.34. The Bertz CT molecular complexity index is 483. The maximum Gasteiger partial charge on any atom is 0.416 e. The molecule has 1 aromatic carbocycles. The predicted molar refractivity (Wildman–Crippen MR) is 78.1 cm³/mol. The van der Waals surface area contributed by atoms with Gasteiger partial charge in [0.15, 0.2) is 0 Å². The Hall–Kier alpha value is -1.07. The van der Waals surface area contributed by atoms with Crippen LogP contribution in [0.2, 0.25) is 0 Å². The van der Waals surface area contributed by atoms with Gasteiger partial charge >= 0.3 is 6.18 Å². The Morgan fingerprint density at radius 1 is 1.29 bits per heavy atom. The van der Waals surface area contributed by atoms with E-state index in [1.807, 2.05) is 14.1 Å². The van der Waals surface area contributed by atoms with E-state index in [-0.39, 0.29) is 0 Å². The SMILES string of the molecule is Cc1ccc(CN2CCC(CN(C)C)C2)c(C(F)(F)F)c1. The van der Waals surface area contributed by atoms with Crippen LogP contribution in [-0.4, -0.2) is 43.5 Å². The number of rotatable bonds is 4. The second-order valence-electron chi connectivity index (χ2n) is 6.31. The summed E-state index contributed by atoms with van der Waals surface area (Å²) in [5.41, 5.74) is 0.551. The standard InChI is InChI=1S/C16H23F3N2/c1-12-4-5-14(15(8-12)16(17,18)19)11-21-7-6-13(10-21)9-20(2)3/h4-5,8,13H,6-7,9-11H2,1-3H3. The van der Waals surface area contributed by atoms with Gasteiger partial charge in [0.1, 0.15) is 0 Å². The number of aryl methyl sites for hydroxylation is 1. The van der Waals surface area contributed by atoms with E-state index in [9.17, 15) is 13.2 Å². The lowest BCUT2D eigenvalue weighted by Crippen LogP contribution is -2.26. The molecule has 1 atom stereocenters. The van der Waals surface area contributed by atoms with E-state index >= 15 is 0 Å². The molecule has 1 saturated heterocycles. The van der Waals surface area contributed by atoms with Gasteiger partial charge in [-0.3, -0.25) is 4.90 Å². The van der Waals surface area contributed by atoms with Crippen molar-refractivity contribution in [2.45, 2.75) is 26.1 Å². The molecule has 118 valence electrons. The van der Waals surface area contributed by atoms with Gasteiger partial charge in [-0.2, -0.15) is 13.2 Å². The van der Waals surface area contributed by atoms with Gasteiger partial charge in [0, 0.05) is 19.6 Å². The van der Waals surface area contributed by atoms with Crippen molar-refractivity contribution in [3.8, 4) is 0 Å². The number of hydrogen-bond donors (Lipinski definition) is 0. The minimum Gasteiger partial charge on any atom is -0.309 e. The molecule has 0 amide bonds. The first-order valence-corrected chi connectivity index (χ1v) is 7.29. The molecule has 21 heavy (non-hydrogen) atoms. The van der Waals surface area contributed by atoms with Crippen LogP contribution in [-0.2, 0) is 12.7 Å². The smallest absolute Gasteiger partial charge is 0.309 e. The highest BCUT2D eigenvalue weighted by molar-refractivity contribution is 5.33. The van der Waals surface area contributed by atoms with E-state index in [2.05, 4.69) is 9.80 Å². The van der Waals surface area contributed by atoms with Crippen molar-refractivity contribution in [2.24, 2.45) is 5.92 Å². The first-order valence-electron chi connectivity index (χ1n) is 7.29. The Morgan fingerprint density at radius 2 is 2.00 bits per heavy atom. The molecule has 1 aliphatic heterocycles. The topological polar surface area (TPSA) is 6.48 Å².